The molecule has 2 fully saturated rings. The lowest BCUT2D eigenvalue weighted by molar-refractivity contribution is 0.140. The lowest BCUT2D eigenvalue weighted by Crippen LogP contribution is -2.26. The Morgan fingerprint density at radius 2 is 1.07 bits per heavy atom. The summed E-state index contributed by atoms with van der Waals surface area (Å²) in [6, 6.07) is 9.47. The third-order valence-corrected chi connectivity index (χ3v) is 7.82. The van der Waals surface area contributed by atoms with Gasteiger partial charge in [-0.05, 0) is 79.7 Å². The molecule has 1 aromatic rings. The molecule has 0 radical (unpaired) electrons. The molecule has 0 heterocycles. The molecular formula is C27H44. The van der Waals surface area contributed by atoms with Crippen LogP contribution in [0.25, 0.3) is 0 Å². The van der Waals surface area contributed by atoms with Crippen molar-refractivity contribution in [1.82, 2.24) is 0 Å². The smallest absolute Gasteiger partial charge is 0.0276 e. The topological polar surface area (TPSA) is 0 Å². The summed E-state index contributed by atoms with van der Waals surface area (Å²) in [5.74, 6) is 4.22. The molecule has 0 amide bonds. The highest BCUT2D eigenvalue weighted by molar-refractivity contribution is 5.22. The van der Waals surface area contributed by atoms with Crippen LogP contribution >= 0.6 is 0 Å². The van der Waals surface area contributed by atoms with Crippen LogP contribution < -0.4 is 0 Å². The summed E-state index contributed by atoms with van der Waals surface area (Å²) in [7, 11) is 0. The predicted octanol–water partition coefficient (Wildman–Crippen LogP) is 8.37. The van der Waals surface area contributed by atoms with E-state index in [4.69, 9.17) is 0 Å². The summed E-state index contributed by atoms with van der Waals surface area (Å²) in [5.41, 5.74) is 3.06. The van der Waals surface area contributed by atoms with Gasteiger partial charge in [0, 0.05) is 0 Å². The van der Waals surface area contributed by atoms with Crippen molar-refractivity contribution in [2.45, 2.75) is 110 Å². The molecule has 0 spiro atoms. The third-order valence-electron chi connectivity index (χ3n) is 7.82. The molecule has 0 bridgehead atoms. The van der Waals surface area contributed by atoms with Gasteiger partial charge in [-0.3, -0.25) is 0 Å². The SMILES string of the molecule is CCCCC1CCC(C2CCC(CCc3ccc(CCC)cc3)CC2)CC1. The van der Waals surface area contributed by atoms with E-state index in [1.807, 2.05) is 0 Å². The summed E-state index contributed by atoms with van der Waals surface area (Å²) in [4.78, 5) is 0. The van der Waals surface area contributed by atoms with Crippen LogP contribution in [0.15, 0.2) is 24.3 Å². The van der Waals surface area contributed by atoms with E-state index in [-0.39, 0.29) is 0 Å². The highest BCUT2D eigenvalue weighted by atomic mass is 14.4. The zero-order chi connectivity index (χ0) is 18.9. The maximum Gasteiger partial charge on any atom is -0.0276 e. The highest BCUT2D eigenvalue weighted by Crippen LogP contribution is 2.43. The van der Waals surface area contributed by atoms with Crippen LogP contribution in [0.3, 0.4) is 0 Å². The van der Waals surface area contributed by atoms with Gasteiger partial charge in [-0.25, -0.2) is 0 Å². The number of rotatable bonds is 9. The van der Waals surface area contributed by atoms with Crippen molar-refractivity contribution in [2.75, 3.05) is 0 Å². The van der Waals surface area contributed by atoms with Crippen molar-refractivity contribution in [2.24, 2.45) is 23.7 Å². The fourth-order valence-corrected chi connectivity index (χ4v) is 5.92. The third kappa shape index (κ3) is 6.65. The first-order valence-electron chi connectivity index (χ1n) is 12.4. The van der Waals surface area contributed by atoms with Crippen molar-refractivity contribution in [3.05, 3.63) is 35.4 Å². The second kappa shape index (κ2) is 11.3. The van der Waals surface area contributed by atoms with Crippen molar-refractivity contribution in [1.29, 1.82) is 0 Å². The Hall–Kier alpha value is -0.780. The minimum absolute atomic E-state index is 0.998. The maximum atomic E-state index is 2.38. The van der Waals surface area contributed by atoms with Crippen LogP contribution in [0, 0.1) is 23.7 Å². The second-order valence-electron chi connectivity index (χ2n) is 9.81. The van der Waals surface area contributed by atoms with E-state index in [9.17, 15) is 0 Å². The Morgan fingerprint density at radius 1 is 0.593 bits per heavy atom. The number of aryl methyl sites for hydroxylation is 2. The van der Waals surface area contributed by atoms with E-state index in [1.54, 1.807) is 31.2 Å². The summed E-state index contributed by atoms with van der Waals surface area (Å²) >= 11 is 0. The van der Waals surface area contributed by atoms with Crippen LogP contribution in [0.1, 0.15) is 108 Å². The molecule has 0 atom stereocenters. The quantitative estimate of drug-likeness (QED) is 0.410. The zero-order valence-corrected chi connectivity index (χ0v) is 18.2. The summed E-state index contributed by atoms with van der Waals surface area (Å²) in [6.07, 6.45) is 21.8. The molecule has 1 aromatic carbocycles. The molecule has 0 N–H and O–H groups in total. The Labute approximate surface area is 169 Å². The Morgan fingerprint density at radius 3 is 1.56 bits per heavy atom. The molecule has 2 aliphatic carbocycles. The van der Waals surface area contributed by atoms with Gasteiger partial charge in [0.25, 0.3) is 0 Å². The molecule has 0 nitrogen and oxygen atoms in total. The van der Waals surface area contributed by atoms with Crippen LogP contribution in [0.2, 0.25) is 0 Å². The molecule has 0 aromatic heterocycles. The van der Waals surface area contributed by atoms with E-state index in [0.29, 0.717) is 0 Å². The fourth-order valence-electron chi connectivity index (χ4n) is 5.92. The number of hydrogen-bond donors (Lipinski definition) is 0. The van der Waals surface area contributed by atoms with Gasteiger partial charge in [0.05, 0.1) is 0 Å². The monoisotopic (exact) mass is 368 g/mol. The van der Waals surface area contributed by atoms with E-state index < -0.39 is 0 Å². The van der Waals surface area contributed by atoms with Crippen LogP contribution in [-0.2, 0) is 12.8 Å². The molecule has 3 rings (SSSR count). The molecule has 27 heavy (non-hydrogen) atoms. The van der Waals surface area contributed by atoms with E-state index >= 15 is 0 Å². The first kappa shape index (κ1) is 20.9. The molecule has 2 saturated carbocycles. The van der Waals surface area contributed by atoms with Crippen molar-refractivity contribution in [3.8, 4) is 0 Å². The Bertz CT molecular complexity index is 497. The van der Waals surface area contributed by atoms with E-state index in [1.165, 1.54) is 76.2 Å². The normalized spacial score (nSPS) is 29.0. The molecule has 0 aliphatic heterocycles. The predicted molar refractivity (Wildman–Crippen MR) is 119 cm³/mol. The van der Waals surface area contributed by atoms with Gasteiger partial charge in [0.1, 0.15) is 0 Å². The Kier molecular flexibility index (Phi) is 8.75. The summed E-state index contributed by atoms with van der Waals surface area (Å²) in [5, 5.41) is 0. The fraction of sp³-hybridized carbons (Fsp3) is 0.778. The van der Waals surface area contributed by atoms with Gasteiger partial charge in [-0.1, -0.05) is 89.5 Å². The van der Waals surface area contributed by atoms with Gasteiger partial charge in [-0.15, -0.1) is 0 Å². The molecule has 152 valence electrons. The van der Waals surface area contributed by atoms with Gasteiger partial charge >= 0.3 is 0 Å². The molecule has 2 aliphatic rings. The van der Waals surface area contributed by atoms with Gasteiger partial charge < -0.3 is 0 Å². The van der Waals surface area contributed by atoms with Crippen LogP contribution in [-0.4, -0.2) is 0 Å². The standard InChI is InChI=1S/C27H44/c1-3-5-7-23-14-18-26(19-15-23)27-20-16-25(17-21-27)13-12-24-10-8-22(6-4-2)9-11-24/h8-11,23,25-27H,3-7,12-21H2,1-2H3. The zero-order valence-electron chi connectivity index (χ0n) is 18.2. The molecule has 0 unspecified atom stereocenters. The molecule has 0 heteroatoms. The number of hydrogen-bond acceptors (Lipinski definition) is 0. The minimum atomic E-state index is 0.998. The minimum Gasteiger partial charge on any atom is -0.0654 e. The average molecular weight is 369 g/mol. The number of benzene rings is 1. The highest BCUT2D eigenvalue weighted by Gasteiger charge is 2.30. The van der Waals surface area contributed by atoms with Crippen LogP contribution in [0.5, 0.6) is 0 Å². The van der Waals surface area contributed by atoms with E-state index in [0.717, 1.165) is 23.7 Å². The first-order chi connectivity index (χ1) is 13.3. The largest absolute Gasteiger partial charge is 0.0654 e. The summed E-state index contributed by atoms with van der Waals surface area (Å²) < 4.78 is 0. The van der Waals surface area contributed by atoms with Crippen molar-refractivity contribution < 1.29 is 0 Å². The maximum absolute atomic E-state index is 2.38. The lowest BCUT2D eigenvalue weighted by Gasteiger charge is -2.38. The summed E-state index contributed by atoms with van der Waals surface area (Å²) in [6.45, 7) is 4.61. The van der Waals surface area contributed by atoms with Gasteiger partial charge in [0.2, 0.25) is 0 Å². The van der Waals surface area contributed by atoms with Crippen LogP contribution in [0.4, 0.5) is 0 Å². The average Bonchev–Trinajstić information content (AvgIpc) is 2.73. The molecule has 0 saturated heterocycles. The lowest BCUT2D eigenvalue weighted by atomic mass is 9.68. The Balaban J connectivity index is 1.33. The molecular weight excluding hydrogens is 324 g/mol. The number of unbranched alkanes of at least 4 members (excludes halogenated alkanes) is 1. The first-order valence-corrected chi connectivity index (χ1v) is 12.4. The second-order valence-corrected chi connectivity index (χ2v) is 9.81. The van der Waals surface area contributed by atoms with Crippen molar-refractivity contribution in [3.63, 3.8) is 0 Å². The van der Waals surface area contributed by atoms with Crippen molar-refractivity contribution >= 4 is 0 Å². The van der Waals surface area contributed by atoms with E-state index in [2.05, 4.69) is 38.1 Å². The van der Waals surface area contributed by atoms with Gasteiger partial charge in [-0.2, -0.15) is 0 Å². The van der Waals surface area contributed by atoms with Gasteiger partial charge in [0.15, 0.2) is 0 Å².